The van der Waals surface area contributed by atoms with Crippen molar-refractivity contribution in [3.05, 3.63) is 105 Å². The SMILES string of the molecule is CCOC(=O)c1cccc(N=C2SC(=Cc3c(C)n(Cc4ccc(Cl)cc4)c4ccccc34)C(=O)N2C)c1. The molecule has 192 valence electrons. The van der Waals surface area contributed by atoms with Crippen LogP contribution in [0.2, 0.25) is 5.02 Å². The van der Waals surface area contributed by atoms with Gasteiger partial charge < -0.3 is 9.30 Å². The quantitative estimate of drug-likeness (QED) is 0.193. The Morgan fingerprint density at radius 1 is 1.08 bits per heavy atom. The van der Waals surface area contributed by atoms with Crippen LogP contribution in [-0.2, 0) is 16.1 Å². The maximum Gasteiger partial charge on any atom is 0.338 e. The molecule has 1 fully saturated rings. The molecule has 1 saturated heterocycles. The number of esters is 1. The van der Waals surface area contributed by atoms with Gasteiger partial charge in [0, 0.05) is 40.8 Å². The van der Waals surface area contributed by atoms with Crippen LogP contribution in [0.25, 0.3) is 17.0 Å². The third-order valence-electron chi connectivity index (χ3n) is 6.39. The van der Waals surface area contributed by atoms with E-state index in [0.717, 1.165) is 27.7 Å². The van der Waals surface area contributed by atoms with Crippen molar-refractivity contribution < 1.29 is 14.3 Å². The molecule has 8 heteroatoms. The Kier molecular flexibility index (Phi) is 7.40. The number of amidine groups is 1. The van der Waals surface area contributed by atoms with Gasteiger partial charge in [-0.15, -0.1) is 0 Å². The first-order chi connectivity index (χ1) is 18.4. The molecule has 0 radical (unpaired) electrons. The van der Waals surface area contributed by atoms with Gasteiger partial charge in [-0.25, -0.2) is 9.79 Å². The Morgan fingerprint density at radius 2 is 1.84 bits per heavy atom. The third-order valence-corrected chi connectivity index (χ3v) is 7.71. The van der Waals surface area contributed by atoms with E-state index >= 15 is 0 Å². The van der Waals surface area contributed by atoms with E-state index in [-0.39, 0.29) is 5.91 Å². The molecule has 0 aliphatic carbocycles. The number of hydrogen-bond donors (Lipinski definition) is 0. The van der Waals surface area contributed by atoms with Gasteiger partial charge in [0.05, 0.1) is 22.8 Å². The molecule has 6 nitrogen and oxygen atoms in total. The standard InChI is InChI=1S/C30H26ClN3O3S/c1-4-37-29(36)21-8-7-9-23(16-21)32-30-33(3)28(35)27(38-30)17-25-19(2)34(26-11-6-5-10-24(25)26)18-20-12-14-22(31)15-13-20/h5-17H,4,18H2,1-3H3. The number of likely N-dealkylation sites (N-methyl/N-ethyl adjacent to an activating group) is 1. The Morgan fingerprint density at radius 3 is 2.61 bits per heavy atom. The van der Waals surface area contributed by atoms with Crippen molar-refractivity contribution in [3.63, 3.8) is 0 Å². The number of rotatable bonds is 6. The van der Waals surface area contributed by atoms with Crippen LogP contribution >= 0.6 is 23.4 Å². The molecule has 0 unspecified atom stereocenters. The molecule has 0 N–H and O–H groups in total. The highest BCUT2D eigenvalue weighted by Crippen LogP contribution is 2.36. The highest BCUT2D eigenvalue weighted by Gasteiger charge is 2.31. The minimum absolute atomic E-state index is 0.121. The fourth-order valence-corrected chi connectivity index (χ4v) is 5.52. The number of aliphatic imine (C=N–C) groups is 1. The number of fused-ring (bicyclic) bond motifs is 1. The molecular formula is C30H26ClN3O3S. The Hall–Kier alpha value is -3.81. The lowest BCUT2D eigenvalue weighted by Crippen LogP contribution is -2.23. The predicted molar refractivity (Wildman–Crippen MR) is 155 cm³/mol. The number of amides is 1. The lowest BCUT2D eigenvalue weighted by atomic mass is 10.1. The second-order valence-corrected chi connectivity index (χ2v) is 10.3. The molecule has 4 aromatic rings. The summed E-state index contributed by atoms with van der Waals surface area (Å²) in [6, 6.07) is 23.0. The van der Waals surface area contributed by atoms with Crippen LogP contribution in [0.5, 0.6) is 0 Å². The maximum absolute atomic E-state index is 13.2. The van der Waals surface area contributed by atoms with Gasteiger partial charge in [0.15, 0.2) is 5.17 Å². The van der Waals surface area contributed by atoms with Crippen molar-refractivity contribution in [2.24, 2.45) is 4.99 Å². The van der Waals surface area contributed by atoms with Crippen LogP contribution in [0.4, 0.5) is 5.69 Å². The number of hydrogen-bond acceptors (Lipinski definition) is 5. The zero-order valence-electron chi connectivity index (χ0n) is 21.3. The van der Waals surface area contributed by atoms with Gasteiger partial charge >= 0.3 is 5.97 Å². The maximum atomic E-state index is 13.2. The van der Waals surface area contributed by atoms with Gasteiger partial charge in [-0.2, -0.15) is 0 Å². The molecule has 1 amide bonds. The Bertz CT molecular complexity index is 1610. The summed E-state index contributed by atoms with van der Waals surface area (Å²) in [5.74, 6) is -0.520. The molecule has 5 rings (SSSR count). The van der Waals surface area contributed by atoms with Crippen molar-refractivity contribution >= 4 is 63.1 Å². The number of aromatic nitrogens is 1. The normalized spacial score (nSPS) is 15.7. The van der Waals surface area contributed by atoms with Crippen molar-refractivity contribution in [1.82, 2.24) is 9.47 Å². The average molecular weight is 544 g/mol. The van der Waals surface area contributed by atoms with E-state index in [1.165, 1.54) is 16.7 Å². The summed E-state index contributed by atoms with van der Waals surface area (Å²) >= 11 is 7.40. The topological polar surface area (TPSA) is 63.9 Å². The number of carbonyl (C=O) groups is 2. The van der Waals surface area contributed by atoms with Crippen molar-refractivity contribution in [2.75, 3.05) is 13.7 Å². The number of para-hydroxylation sites is 1. The fraction of sp³-hybridized carbons (Fsp3) is 0.167. The molecular weight excluding hydrogens is 518 g/mol. The van der Waals surface area contributed by atoms with Crippen LogP contribution in [0.15, 0.2) is 82.7 Å². The van der Waals surface area contributed by atoms with Crippen molar-refractivity contribution in [3.8, 4) is 0 Å². The molecule has 0 spiro atoms. The number of nitrogens with zero attached hydrogens (tertiary/aromatic N) is 3. The predicted octanol–water partition coefficient (Wildman–Crippen LogP) is 7.06. The lowest BCUT2D eigenvalue weighted by molar-refractivity contribution is -0.121. The van der Waals surface area contributed by atoms with Crippen LogP contribution in [0, 0.1) is 6.92 Å². The van der Waals surface area contributed by atoms with Gasteiger partial charge in [-0.3, -0.25) is 9.69 Å². The lowest BCUT2D eigenvalue weighted by Gasteiger charge is -2.09. The van der Waals surface area contributed by atoms with E-state index in [1.54, 1.807) is 38.2 Å². The van der Waals surface area contributed by atoms with E-state index < -0.39 is 5.97 Å². The minimum atomic E-state index is -0.399. The summed E-state index contributed by atoms with van der Waals surface area (Å²) in [7, 11) is 1.71. The van der Waals surface area contributed by atoms with Gasteiger partial charge in [0.2, 0.25) is 0 Å². The molecule has 0 atom stereocenters. The Labute approximate surface area is 230 Å². The van der Waals surface area contributed by atoms with E-state index in [4.69, 9.17) is 16.3 Å². The summed E-state index contributed by atoms with van der Waals surface area (Å²) in [4.78, 5) is 32.1. The summed E-state index contributed by atoms with van der Waals surface area (Å²) in [6.45, 7) is 4.83. The number of benzene rings is 3. The van der Waals surface area contributed by atoms with E-state index in [0.29, 0.717) is 39.5 Å². The first-order valence-electron chi connectivity index (χ1n) is 12.2. The highest BCUT2D eigenvalue weighted by atomic mass is 35.5. The summed E-state index contributed by atoms with van der Waals surface area (Å²) in [5, 5.41) is 2.33. The van der Waals surface area contributed by atoms with Gasteiger partial charge in [0.25, 0.3) is 5.91 Å². The molecule has 1 aliphatic rings. The van der Waals surface area contributed by atoms with E-state index in [2.05, 4.69) is 28.6 Å². The molecule has 2 heterocycles. The van der Waals surface area contributed by atoms with Crippen LogP contribution in [0.1, 0.15) is 34.1 Å². The summed E-state index contributed by atoms with van der Waals surface area (Å²) in [6.07, 6.45) is 1.96. The summed E-state index contributed by atoms with van der Waals surface area (Å²) in [5.41, 5.74) is 5.31. The number of ether oxygens (including phenoxy) is 1. The first-order valence-corrected chi connectivity index (χ1v) is 13.4. The number of halogens is 1. The van der Waals surface area contributed by atoms with Gasteiger partial charge in [-0.1, -0.05) is 48.0 Å². The molecule has 3 aromatic carbocycles. The number of carbonyl (C=O) groups excluding carboxylic acids is 2. The summed E-state index contributed by atoms with van der Waals surface area (Å²) < 4.78 is 7.35. The van der Waals surface area contributed by atoms with Crippen molar-refractivity contribution in [2.45, 2.75) is 20.4 Å². The molecule has 1 aliphatic heterocycles. The van der Waals surface area contributed by atoms with Crippen molar-refractivity contribution in [1.29, 1.82) is 0 Å². The second-order valence-electron chi connectivity index (χ2n) is 8.87. The fourth-order valence-electron chi connectivity index (χ4n) is 4.43. The van der Waals surface area contributed by atoms with Gasteiger partial charge in [-0.05, 0) is 73.6 Å². The van der Waals surface area contributed by atoms with E-state index in [1.807, 2.05) is 42.5 Å². The average Bonchev–Trinajstić information content (AvgIpc) is 3.33. The minimum Gasteiger partial charge on any atom is -0.462 e. The highest BCUT2D eigenvalue weighted by molar-refractivity contribution is 8.18. The molecule has 0 saturated carbocycles. The van der Waals surface area contributed by atoms with Crippen LogP contribution < -0.4 is 0 Å². The van der Waals surface area contributed by atoms with Gasteiger partial charge in [0.1, 0.15) is 0 Å². The largest absolute Gasteiger partial charge is 0.462 e. The molecule has 38 heavy (non-hydrogen) atoms. The van der Waals surface area contributed by atoms with Crippen LogP contribution in [-0.4, -0.2) is 40.2 Å². The number of thioether (sulfide) groups is 1. The zero-order chi connectivity index (χ0) is 26.8. The first kappa shape index (κ1) is 25.8. The zero-order valence-corrected chi connectivity index (χ0v) is 22.8. The molecule has 0 bridgehead atoms. The third kappa shape index (κ3) is 5.12. The second kappa shape index (κ2) is 10.9. The van der Waals surface area contributed by atoms with Crippen LogP contribution in [0.3, 0.4) is 0 Å². The monoisotopic (exact) mass is 543 g/mol. The van der Waals surface area contributed by atoms with E-state index in [9.17, 15) is 9.59 Å². The Balaban J connectivity index is 1.49. The smallest absolute Gasteiger partial charge is 0.338 e. The molecule has 1 aromatic heterocycles.